The van der Waals surface area contributed by atoms with E-state index in [-0.39, 0.29) is 5.91 Å². The van der Waals surface area contributed by atoms with E-state index in [0.717, 1.165) is 16.7 Å². The number of rotatable bonds is 7. The van der Waals surface area contributed by atoms with Gasteiger partial charge in [-0.05, 0) is 62.8 Å². The van der Waals surface area contributed by atoms with Gasteiger partial charge in [0.25, 0.3) is 0 Å². The molecule has 0 saturated heterocycles. The second-order valence-electron chi connectivity index (χ2n) is 7.50. The summed E-state index contributed by atoms with van der Waals surface area (Å²) in [5, 5.41) is 8.19. The number of aryl methyl sites for hydroxylation is 2. The molecule has 2 heterocycles. The Kier molecular flexibility index (Phi) is 5.26. The number of hydrogen-bond acceptors (Lipinski definition) is 4. The molecule has 6 nitrogen and oxygen atoms in total. The highest BCUT2D eigenvalue weighted by molar-refractivity contribution is 7.99. The van der Waals surface area contributed by atoms with E-state index >= 15 is 0 Å². The lowest BCUT2D eigenvalue weighted by Crippen LogP contribution is -2.19. The number of imidazole rings is 1. The third-order valence-electron chi connectivity index (χ3n) is 5.05. The van der Waals surface area contributed by atoms with Crippen LogP contribution < -0.4 is 5.32 Å². The fourth-order valence-electron chi connectivity index (χ4n) is 3.51. The van der Waals surface area contributed by atoms with Gasteiger partial charge in [-0.2, -0.15) is 5.10 Å². The molecule has 0 spiro atoms. The summed E-state index contributed by atoms with van der Waals surface area (Å²) in [7, 11) is 0. The van der Waals surface area contributed by atoms with Gasteiger partial charge < -0.3 is 5.32 Å². The first-order valence-corrected chi connectivity index (χ1v) is 10.6. The summed E-state index contributed by atoms with van der Waals surface area (Å²) in [6.07, 6.45) is 7.93. The summed E-state index contributed by atoms with van der Waals surface area (Å²) < 4.78 is 3.95. The molecular formula is C21H25N5OS. The van der Waals surface area contributed by atoms with E-state index in [1.54, 1.807) is 12.4 Å². The first kappa shape index (κ1) is 18.8. The first-order valence-electron chi connectivity index (χ1n) is 9.59. The maximum absolute atomic E-state index is 12.5. The number of thioether (sulfide) groups is 1. The van der Waals surface area contributed by atoms with Crippen LogP contribution in [0.1, 0.15) is 36.9 Å². The molecule has 1 fully saturated rings. The number of aromatic nitrogens is 4. The number of carbonyl (C=O) groups excluding carboxylic acids is 1. The zero-order chi connectivity index (χ0) is 19.7. The summed E-state index contributed by atoms with van der Waals surface area (Å²) >= 11 is 1.43. The summed E-state index contributed by atoms with van der Waals surface area (Å²) in [5.74, 6) is 1.69. The second kappa shape index (κ2) is 7.83. The molecule has 3 aromatic rings. The van der Waals surface area contributed by atoms with Gasteiger partial charge in [-0.3, -0.25) is 9.36 Å². The van der Waals surface area contributed by atoms with E-state index in [1.807, 2.05) is 21.5 Å². The molecule has 7 heteroatoms. The molecule has 1 aromatic carbocycles. The third kappa shape index (κ3) is 4.14. The van der Waals surface area contributed by atoms with Crippen molar-refractivity contribution in [2.75, 3.05) is 11.1 Å². The normalized spacial score (nSPS) is 14.8. The van der Waals surface area contributed by atoms with E-state index in [2.05, 4.69) is 54.4 Å². The zero-order valence-electron chi connectivity index (χ0n) is 16.4. The highest BCUT2D eigenvalue weighted by Crippen LogP contribution is 2.40. The number of amides is 1. The molecule has 0 aliphatic heterocycles. The molecule has 1 N–H and O–H groups in total. The Balaban J connectivity index is 1.41. The van der Waals surface area contributed by atoms with E-state index in [1.165, 1.54) is 35.7 Å². The maximum Gasteiger partial charge on any atom is 0.235 e. The molecule has 0 bridgehead atoms. The highest BCUT2D eigenvalue weighted by atomic mass is 32.2. The van der Waals surface area contributed by atoms with Crippen molar-refractivity contribution in [3.8, 4) is 5.69 Å². The van der Waals surface area contributed by atoms with Gasteiger partial charge in [0.15, 0.2) is 5.16 Å². The largest absolute Gasteiger partial charge is 0.310 e. The number of benzene rings is 1. The van der Waals surface area contributed by atoms with Crippen LogP contribution in [0.5, 0.6) is 0 Å². The quantitative estimate of drug-likeness (QED) is 0.603. The van der Waals surface area contributed by atoms with Crippen molar-refractivity contribution < 1.29 is 4.79 Å². The molecule has 4 rings (SSSR count). The Morgan fingerprint density at radius 3 is 2.71 bits per heavy atom. The average Bonchev–Trinajstić information content (AvgIpc) is 3.21. The predicted octanol–water partition coefficient (Wildman–Crippen LogP) is 4.39. The molecular weight excluding hydrogens is 370 g/mol. The topological polar surface area (TPSA) is 64.7 Å². The van der Waals surface area contributed by atoms with Gasteiger partial charge in [0.1, 0.15) is 5.82 Å². The minimum absolute atomic E-state index is 0.0512. The van der Waals surface area contributed by atoms with Gasteiger partial charge >= 0.3 is 0 Å². The van der Waals surface area contributed by atoms with Crippen LogP contribution in [-0.4, -0.2) is 31.0 Å². The van der Waals surface area contributed by atoms with Gasteiger partial charge in [-0.25, -0.2) is 9.67 Å². The lowest BCUT2D eigenvalue weighted by molar-refractivity contribution is -0.113. The lowest BCUT2D eigenvalue weighted by Gasteiger charge is -2.15. The molecule has 0 radical (unpaired) electrons. The van der Waals surface area contributed by atoms with Crippen LogP contribution in [0.3, 0.4) is 0 Å². The number of anilines is 1. The van der Waals surface area contributed by atoms with Crippen molar-refractivity contribution in [1.82, 2.24) is 19.3 Å². The van der Waals surface area contributed by atoms with Crippen molar-refractivity contribution in [3.05, 3.63) is 54.0 Å². The number of nitrogens with zero attached hydrogens (tertiary/aromatic N) is 4. The van der Waals surface area contributed by atoms with E-state index < -0.39 is 0 Å². The second-order valence-corrected chi connectivity index (χ2v) is 8.44. The SMILES string of the molecule is Cc1cc(C)cc(-n2ccnc2SCC(=O)Nc2ccnn2C(C)C2CC2)c1. The van der Waals surface area contributed by atoms with Crippen LogP contribution in [0.4, 0.5) is 5.82 Å². The van der Waals surface area contributed by atoms with Gasteiger partial charge in [-0.15, -0.1) is 0 Å². The molecule has 146 valence electrons. The molecule has 28 heavy (non-hydrogen) atoms. The van der Waals surface area contributed by atoms with Crippen molar-refractivity contribution >= 4 is 23.5 Å². The minimum atomic E-state index is -0.0512. The zero-order valence-corrected chi connectivity index (χ0v) is 17.2. The van der Waals surface area contributed by atoms with Gasteiger partial charge in [-0.1, -0.05) is 17.8 Å². The Morgan fingerprint density at radius 2 is 2.00 bits per heavy atom. The van der Waals surface area contributed by atoms with Crippen molar-refractivity contribution in [2.45, 2.75) is 44.8 Å². The summed E-state index contributed by atoms with van der Waals surface area (Å²) in [6.45, 7) is 6.33. The predicted molar refractivity (Wildman–Crippen MR) is 112 cm³/mol. The van der Waals surface area contributed by atoms with Crippen LogP contribution in [-0.2, 0) is 4.79 Å². The van der Waals surface area contributed by atoms with E-state index in [9.17, 15) is 4.79 Å². The Bertz CT molecular complexity index is 968. The van der Waals surface area contributed by atoms with Gasteiger partial charge in [0.05, 0.1) is 18.0 Å². The fraction of sp³-hybridized carbons (Fsp3) is 0.381. The molecule has 2 aromatic heterocycles. The summed E-state index contributed by atoms with van der Waals surface area (Å²) in [6, 6.07) is 8.57. The molecule has 1 atom stereocenters. The standard InChI is InChI=1S/C21H25N5OS/c1-14-10-15(2)12-18(11-14)25-9-8-22-21(25)28-13-20(27)24-19-6-7-23-26(19)16(3)17-4-5-17/h6-12,16-17H,4-5,13H2,1-3H3,(H,24,27). The molecule has 1 saturated carbocycles. The smallest absolute Gasteiger partial charge is 0.235 e. The van der Waals surface area contributed by atoms with Crippen LogP contribution in [0, 0.1) is 19.8 Å². The molecule has 1 aliphatic rings. The van der Waals surface area contributed by atoms with E-state index in [4.69, 9.17) is 0 Å². The fourth-order valence-corrected chi connectivity index (χ4v) is 4.28. The Morgan fingerprint density at radius 1 is 1.25 bits per heavy atom. The highest BCUT2D eigenvalue weighted by Gasteiger charge is 2.30. The van der Waals surface area contributed by atoms with Crippen LogP contribution in [0.15, 0.2) is 48.0 Å². The maximum atomic E-state index is 12.5. The number of carbonyl (C=O) groups is 1. The van der Waals surface area contributed by atoms with Gasteiger partial charge in [0.2, 0.25) is 5.91 Å². The number of hydrogen-bond donors (Lipinski definition) is 1. The third-order valence-corrected chi connectivity index (χ3v) is 6.02. The molecule has 1 aliphatic carbocycles. The van der Waals surface area contributed by atoms with E-state index in [0.29, 0.717) is 17.7 Å². The first-order chi connectivity index (χ1) is 13.5. The van der Waals surface area contributed by atoms with Crippen molar-refractivity contribution in [1.29, 1.82) is 0 Å². The van der Waals surface area contributed by atoms with Gasteiger partial charge in [0, 0.05) is 24.1 Å². The lowest BCUT2D eigenvalue weighted by atomic mass is 10.1. The Hall–Kier alpha value is -2.54. The Labute approximate surface area is 169 Å². The summed E-state index contributed by atoms with van der Waals surface area (Å²) in [4.78, 5) is 16.9. The van der Waals surface area contributed by atoms with Crippen molar-refractivity contribution in [3.63, 3.8) is 0 Å². The monoisotopic (exact) mass is 395 g/mol. The average molecular weight is 396 g/mol. The summed E-state index contributed by atoms with van der Waals surface area (Å²) in [5.41, 5.74) is 3.47. The molecule has 1 amide bonds. The van der Waals surface area contributed by atoms with Crippen LogP contribution in [0.2, 0.25) is 0 Å². The van der Waals surface area contributed by atoms with Crippen molar-refractivity contribution in [2.24, 2.45) is 5.92 Å². The van der Waals surface area contributed by atoms with Crippen LogP contribution >= 0.6 is 11.8 Å². The van der Waals surface area contributed by atoms with Crippen LogP contribution in [0.25, 0.3) is 5.69 Å². The molecule has 1 unspecified atom stereocenters. The number of nitrogens with one attached hydrogen (secondary N) is 1. The minimum Gasteiger partial charge on any atom is -0.310 e.